The van der Waals surface area contributed by atoms with Gasteiger partial charge in [0.1, 0.15) is 6.04 Å². The van der Waals surface area contributed by atoms with Crippen LogP contribution < -0.4 is 4.72 Å². The lowest BCUT2D eigenvalue weighted by atomic mass is 10.0. The molecule has 9 heteroatoms. The Balaban J connectivity index is 2.06. The summed E-state index contributed by atoms with van der Waals surface area (Å²) in [4.78, 5) is 0.0598. The van der Waals surface area contributed by atoms with Crippen molar-refractivity contribution in [3.8, 4) is 0 Å². The van der Waals surface area contributed by atoms with E-state index in [0.29, 0.717) is 10.7 Å². The molecule has 3 rings (SSSR count). The van der Waals surface area contributed by atoms with E-state index in [4.69, 9.17) is 46.4 Å². The molecule has 0 radical (unpaired) electrons. The molecule has 0 amide bonds. The predicted molar refractivity (Wildman–Crippen MR) is 116 cm³/mol. The number of halogens is 4. The molecule has 1 aromatic heterocycles. The van der Waals surface area contributed by atoms with E-state index in [-0.39, 0.29) is 4.90 Å². The fraction of sp³-hybridized carbons (Fsp3) is 0.474. The number of sulfonamides is 1. The van der Waals surface area contributed by atoms with Crippen molar-refractivity contribution in [2.24, 2.45) is 7.05 Å². The standard InChI is InChI=1S/C19H22Cl4N2O2S/c1-12-15-6-4-3-5-7-16(15)25(2)17(12)18(19(21,22)23)24-28(26,27)14-10-8-13(20)9-11-14/h8-11,18,24H,3-7H2,1-2H3. The van der Waals surface area contributed by atoms with Crippen LogP contribution in [-0.4, -0.2) is 16.8 Å². The number of rotatable bonds is 4. The summed E-state index contributed by atoms with van der Waals surface area (Å²) in [5.41, 5.74) is 4.09. The van der Waals surface area contributed by atoms with Crippen molar-refractivity contribution in [3.63, 3.8) is 0 Å². The first-order valence-corrected chi connectivity index (χ1v) is 12.0. The van der Waals surface area contributed by atoms with Crippen LogP contribution in [-0.2, 0) is 29.9 Å². The minimum Gasteiger partial charge on any atom is -0.350 e. The Hall–Kier alpha value is -0.430. The molecule has 1 aromatic carbocycles. The van der Waals surface area contributed by atoms with Crippen molar-refractivity contribution in [2.45, 2.75) is 53.8 Å². The van der Waals surface area contributed by atoms with Crippen LogP contribution in [0.25, 0.3) is 0 Å². The van der Waals surface area contributed by atoms with Crippen molar-refractivity contribution in [1.82, 2.24) is 9.29 Å². The highest BCUT2D eigenvalue weighted by atomic mass is 35.6. The van der Waals surface area contributed by atoms with Gasteiger partial charge in [-0.15, -0.1) is 0 Å². The predicted octanol–water partition coefficient (Wildman–Crippen LogP) is 5.65. The summed E-state index contributed by atoms with van der Waals surface area (Å²) in [5.74, 6) is 0. The number of alkyl halides is 3. The van der Waals surface area contributed by atoms with E-state index in [0.717, 1.165) is 31.2 Å². The third-order valence-corrected chi connectivity index (χ3v) is 7.63. The number of benzene rings is 1. The lowest BCUT2D eigenvalue weighted by molar-refractivity contribution is 0.543. The topological polar surface area (TPSA) is 51.1 Å². The summed E-state index contributed by atoms with van der Waals surface area (Å²) in [6, 6.07) is 4.84. The molecule has 1 aliphatic carbocycles. The molecule has 1 atom stereocenters. The molecular formula is C19H22Cl4N2O2S. The largest absolute Gasteiger partial charge is 0.350 e. The number of hydrogen-bond donors (Lipinski definition) is 1. The van der Waals surface area contributed by atoms with Gasteiger partial charge in [-0.1, -0.05) is 52.8 Å². The summed E-state index contributed by atoms with van der Waals surface area (Å²) in [5, 5.41) is 0.443. The normalized spacial score (nSPS) is 16.5. The SMILES string of the molecule is Cc1c2c(n(C)c1C(NS(=O)(=O)c1ccc(Cl)cc1)C(Cl)(Cl)Cl)CCCCC2. The van der Waals surface area contributed by atoms with Crippen LogP contribution in [0.3, 0.4) is 0 Å². The molecule has 28 heavy (non-hydrogen) atoms. The van der Waals surface area contributed by atoms with E-state index in [1.165, 1.54) is 41.9 Å². The zero-order valence-electron chi connectivity index (χ0n) is 15.6. The van der Waals surface area contributed by atoms with E-state index in [1.54, 1.807) is 0 Å². The summed E-state index contributed by atoms with van der Waals surface area (Å²) >= 11 is 24.7. The Bertz CT molecular complexity index is 934. The maximum Gasteiger partial charge on any atom is 0.241 e. The summed E-state index contributed by atoms with van der Waals surface area (Å²) < 4.78 is 28.6. The van der Waals surface area contributed by atoms with Crippen LogP contribution in [0.1, 0.15) is 47.8 Å². The monoisotopic (exact) mass is 482 g/mol. The molecule has 1 N–H and O–H groups in total. The number of hydrogen-bond acceptors (Lipinski definition) is 2. The molecule has 0 fully saturated rings. The van der Waals surface area contributed by atoms with Crippen molar-refractivity contribution in [3.05, 3.63) is 51.8 Å². The lowest BCUT2D eigenvalue weighted by Gasteiger charge is -2.27. The van der Waals surface area contributed by atoms with Crippen LogP contribution in [0.5, 0.6) is 0 Å². The molecule has 4 nitrogen and oxygen atoms in total. The number of aromatic nitrogens is 1. The van der Waals surface area contributed by atoms with Gasteiger partial charge in [-0.05, 0) is 68.0 Å². The minimum absolute atomic E-state index is 0.0598. The van der Waals surface area contributed by atoms with E-state index in [2.05, 4.69) is 4.72 Å². The number of fused-ring (bicyclic) bond motifs is 1. The second-order valence-electron chi connectivity index (χ2n) is 7.10. The van der Waals surface area contributed by atoms with Gasteiger partial charge < -0.3 is 4.57 Å². The van der Waals surface area contributed by atoms with Crippen LogP contribution in [0.15, 0.2) is 29.2 Å². The van der Waals surface area contributed by atoms with Crippen LogP contribution in [0, 0.1) is 6.92 Å². The third-order valence-electron chi connectivity index (χ3n) is 5.29. The van der Waals surface area contributed by atoms with Crippen molar-refractivity contribution >= 4 is 56.4 Å². The maximum atomic E-state index is 13.0. The Labute approximate surface area is 186 Å². The quantitative estimate of drug-likeness (QED) is 0.451. The van der Waals surface area contributed by atoms with E-state index >= 15 is 0 Å². The highest BCUT2D eigenvalue weighted by Gasteiger charge is 2.41. The molecule has 1 unspecified atom stereocenters. The van der Waals surface area contributed by atoms with Crippen molar-refractivity contribution in [2.75, 3.05) is 0 Å². The Morgan fingerprint density at radius 1 is 1.07 bits per heavy atom. The minimum atomic E-state index is -3.92. The van der Waals surface area contributed by atoms with Crippen LogP contribution >= 0.6 is 46.4 Å². The van der Waals surface area contributed by atoms with Gasteiger partial charge in [-0.25, -0.2) is 8.42 Å². The smallest absolute Gasteiger partial charge is 0.241 e. The first kappa shape index (κ1) is 22.3. The van der Waals surface area contributed by atoms with E-state index in [1.807, 2.05) is 18.5 Å². The second kappa shape index (κ2) is 8.37. The fourth-order valence-electron chi connectivity index (χ4n) is 3.92. The molecule has 2 aromatic rings. The van der Waals surface area contributed by atoms with Gasteiger partial charge in [-0.3, -0.25) is 0 Å². The highest BCUT2D eigenvalue weighted by molar-refractivity contribution is 7.89. The van der Waals surface area contributed by atoms with Gasteiger partial charge in [0.2, 0.25) is 13.8 Å². The fourth-order valence-corrected chi connectivity index (χ4v) is 5.94. The highest BCUT2D eigenvalue weighted by Crippen LogP contribution is 2.44. The van der Waals surface area contributed by atoms with E-state index in [9.17, 15) is 8.42 Å². The maximum absolute atomic E-state index is 13.0. The van der Waals surface area contributed by atoms with Gasteiger partial charge in [0.15, 0.2) is 0 Å². The molecule has 0 saturated heterocycles. The second-order valence-corrected chi connectivity index (χ2v) is 11.6. The molecule has 0 saturated carbocycles. The van der Waals surface area contributed by atoms with Crippen molar-refractivity contribution < 1.29 is 8.42 Å². The Kier molecular flexibility index (Phi) is 6.65. The molecule has 1 heterocycles. The Morgan fingerprint density at radius 2 is 1.68 bits per heavy atom. The van der Waals surface area contributed by atoms with Gasteiger partial charge in [0.05, 0.1) is 4.90 Å². The summed E-state index contributed by atoms with van der Waals surface area (Å²) in [7, 11) is -2.02. The van der Waals surface area contributed by atoms with Gasteiger partial charge >= 0.3 is 0 Å². The van der Waals surface area contributed by atoms with Crippen LogP contribution in [0.4, 0.5) is 0 Å². The molecule has 0 bridgehead atoms. The third kappa shape index (κ3) is 4.50. The first-order valence-electron chi connectivity index (χ1n) is 9.04. The first-order chi connectivity index (χ1) is 13.0. The average molecular weight is 484 g/mol. The molecule has 154 valence electrons. The van der Waals surface area contributed by atoms with Crippen molar-refractivity contribution in [1.29, 1.82) is 0 Å². The lowest BCUT2D eigenvalue weighted by Crippen LogP contribution is -2.38. The van der Waals surface area contributed by atoms with Crippen LogP contribution in [0.2, 0.25) is 5.02 Å². The zero-order chi connectivity index (χ0) is 20.7. The Morgan fingerprint density at radius 3 is 2.29 bits per heavy atom. The summed E-state index contributed by atoms with van der Waals surface area (Å²) in [6.45, 7) is 1.97. The number of nitrogens with one attached hydrogen (secondary N) is 1. The molecule has 0 spiro atoms. The average Bonchev–Trinajstić information content (AvgIpc) is 2.78. The van der Waals surface area contributed by atoms with Gasteiger partial charge in [0, 0.05) is 23.5 Å². The molecule has 1 aliphatic rings. The van der Waals surface area contributed by atoms with Gasteiger partial charge in [-0.2, -0.15) is 4.72 Å². The zero-order valence-corrected chi connectivity index (χ0v) is 19.4. The number of nitrogens with zero attached hydrogens (tertiary/aromatic N) is 1. The van der Waals surface area contributed by atoms with E-state index < -0.39 is 19.9 Å². The van der Waals surface area contributed by atoms with Gasteiger partial charge in [0.25, 0.3) is 0 Å². The summed E-state index contributed by atoms with van der Waals surface area (Å²) in [6.07, 6.45) is 5.26. The molecular weight excluding hydrogens is 462 g/mol. The molecule has 0 aliphatic heterocycles.